The zero-order valence-electron chi connectivity index (χ0n) is 18.0. The molecule has 0 unspecified atom stereocenters. The van der Waals surface area contributed by atoms with E-state index in [1.54, 1.807) is 0 Å². The second-order valence-electron chi connectivity index (χ2n) is 6.60. The van der Waals surface area contributed by atoms with Gasteiger partial charge >= 0.3 is 29.6 Å². The first-order chi connectivity index (χ1) is 13.1. The summed E-state index contributed by atoms with van der Waals surface area (Å²) in [5.41, 5.74) is 0. The Hall–Kier alpha value is 0.750. The Morgan fingerprint density at radius 2 is 0.929 bits per heavy atom. The molecular weight excluding hydrogens is 395 g/mol. The van der Waals surface area contributed by atoms with Crippen LogP contribution in [-0.2, 0) is 28.8 Å². The Morgan fingerprint density at radius 1 is 0.571 bits per heavy atom. The van der Waals surface area contributed by atoms with Crippen LogP contribution in [0.25, 0.3) is 0 Å². The minimum atomic E-state index is -4.63. The van der Waals surface area contributed by atoms with E-state index in [0.717, 1.165) is 13.0 Å². The van der Waals surface area contributed by atoms with E-state index in [0.29, 0.717) is 26.4 Å². The summed E-state index contributed by atoms with van der Waals surface area (Å²) >= 11 is 0. The molecule has 0 saturated heterocycles. The van der Waals surface area contributed by atoms with Crippen molar-refractivity contribution < 1.29 is 60.9 Å². The van der Waals surface area contributed by atoms with Crippen molar-refractivity contribution in [3.8, 4) is 0 Å². The molecule has 7 nitrogen and oxygen atoms in total. The molecule has 0 aliphatic carbocycles. The molecule has 9 heteroatoms. The van der Waals surface area contributed by atoms with Gasteiger partial charge in [0.15, 0.2) is 0 Å². The largest absolute Gasteiger partial charge is 1.00 e. The molecule has 28 heavy (non-hydrogen) atoms. The van der Waals surface area contributed by atoms with E-state index < -0.39 is 10.4 Å². The van der Waals surface area contributed by atoms with Gasteiger partial charge in [0.1, 0.15) is 0 Å². The first-order valence-electron chi connectivity index (χ1n) is 10.4. The van der Waals surface area contributed by atoms with Gasteiger partial charge < -0.3 is 18.8 Å². The summed E-state index contributed by atoms with van der Waals surface area (Å²) in [6.45, 7) is 4.59. The molecule has 0 rings (SSSR count). The molecule has 0 aliphatic rings. The van der Waals surface area contributed by atoms with Crippen molar-refractivity contribution in [2.24, 2.45) is 0 Å². The van der Waals surface area contributed by atoms with E-state index in [2.05, 4.69) is 11.1 Å². The second kappa shape index (κ2) is 24.0. The van der Waals surface area contributed by atoms with E-state index in [1.165, 1.54) is 64.2 Å². The summed E-state index contributed by atoms with van der Waals surface area (Å²) < 4.78 is 50.4. The number of hydrogen-bond acceptors (Lipinski definition) is 7. The van der Waals surface area contributed by atoms with Gasteiger partial charge in [-0.1, -0.05) is 71.1 Å². The third kappa shape index (κ3) is 29.0. The van der Waals surface area contributed by atoms with Crippen LogP contribution in [0.1, 0.15) is 77.6 Å². The van der Waals surface area contributed by atoms with Crippen molar-refractivity contribution >= 4 is 10.4 Å². The summed E-state index contributed by atoms with van der Waals surface area (Å²) in [4.78, 5) is 0. The summed E-state index contributed by atoms with van der Waals surface area (Å²) in [6.07, 6.45) is 14.6. The van der Waals surface area contributed by atoms with Crippen LogP contribution in [-0.4, -0.2) is 59.2 Å². The van der Waals surface area contributed by atoms with Gasteiger partial charge in [0, 0.05) is 6.61 Å². The van der Waals surface area contributed by atoms with Gasteiger partial charge in [-0.3, -0.25) is 4.18 Å². The van der Waals surface area contributed by atoms with Gasteiger partial charge in [-0.15, -0.1) is 0 Å². The average molecular weight is 435 g/mol. The molecule has 0 aromatic carbocycles. The van der Waals surface area contributed by atoms with Crippen molar-refractivity contribution in [2.45, 2.75) is 77.6 Å². The third-order valence-electron chi connectivity index (χ3n) is 4.09. The van der Waals surface area contributed by atoms with E-state index in [1.807, 2.05) is 0 Å². The van der Waals surface area contributed by atoms with Crippen LogP contribution in [0.4, 0.5) is 0 Å². The first kappa shape index (κ1) is 30.9. The van der Waals surface area contributed by atoms with Crippen LogP contribution in [0, 0.1) is 0 Å². The number of hydrogen-bond donors (Lipinski definition) is 0. The second-order valence-corrected chi connectivity index (χ2v) is 7.66. The Morgan fingerprint density at radius 3 is 1.36 bits per heavy atom. The molecule has 164 valence electrons. The summed E-state index contributed by atoms with van der Waals surface area (Å²) in [7, 11) is -4.63. The maximum Gasteiger partial charge on any atom is 1.00 e. The van der Waals surface area contributed by atoms with Gasteiger partial charge in [-0.25, -0.2) is 8.42 Å². The first-order valence-corrected chi connectivity index (χ1v) is 11.7. The van der Waals surface area contributed by atoms with E-state index in [4.69, 9.17) is 14.2 Å². The molecule has 0 heterocycles. The molecular formula is C19H39NaO7S. The molecule has 0 N–H and O–H groups in total. The van der Waals surface area contributed by atoms with Crippen LogP contribution in [0.2, 0.25) is 0 Å². The van der Waals surface area contributed by atoms with Gasteiger partial charge in [0.25, 0.3) is 0 Å². The van der Waals surface area contributed by atoms with Crippen LogP contribution < -0.4 is 29.6 Å². The average Bonchev–Trinajstić information content (AvgIpc) is 2.62. The minimum absolute atomic E-state index is 0. The van der Waals surface area contributed by atoms with Gasteiger partial charge in [0.2, 0.25) is 10.4 Å². The Bertz CT molecular complexity index is 394. The van der Waals surface area contributed by atoms with E-state index in [-0.39, 0.29) is 42.8 Å². The minimum Gasteiger partial charge on any atom is -0.726 e. The molecule has 0 aromatic rings. The fraction of sp³-hybridized carbons (Fsp3) is 1.00. The predicted octanol–water partition coefficient (Wildman–Crippen LogP) is 0.828. The molecule has 0 aliphatic heterocycles. The summed E-state index contributed by atoms with van der Waals surface area (Å²) in [5, 5.41) is 0. The normalized spacial score (nSPS) is 11.5. The van der Waals surface area contributed by atoms with E-state index >= 15 is 0 Å². The molecule has 0 atom stereocenters. The van der Waals surface area contributed by atoms with Gasteiger partial charge in [0.05, 0.1) is 39.6 Å². The number of ether oxygens (including phenoxy) is 3. The van der Waals surface area contributed by atoms with Gasteiger partial charge in [-0.2, -0.15) is 0 Å². The Balaban J connectivity index is 0. The predicted molar refractivity (Wildman–Crippen MR) is 105 cm³/mol. The summed E-state index contributed by atoms with van der Waals surface area (Å²) in [5.74, 6) is 0. The SMILES string of the molecule is CCCCCCCCCCCCCOCCOCCOCCOS(=O)(=O)[O-].[Na+]. The zero-order chi connectivity index (χ0) is 20.1. The van der Waals surface area contributed by atoms with Crippen LogP contribution in [0.5, 0.6) is 0 Å². The molecule has 0 fully saturated rings. The molecule has 0 radical (unpaired) electrons. The van der Waals surface area contributed by atoms with Crippen LogP contribution >= 0.6 is 0 Å². The molecule has 0 aromatic heterocycles. The smallest absolute Gasteiger partial charge is 0.726 e. The maximum absolute atomic E-state index is 10.2. The maximum atomic E-state index is 10.2. The quantitative estimate of drug-likeness (QED) is 0.108. The van der Waals surface area contributed by atoms with Crippen LogP contribution in [0.15, 0.2) is 0 Å². The standard InChI is InChI=1S/C19H40O7S.Na/c1-2-3-4-5-6-7-8-9-10-11-12-13-23-14-15-24-16-17-25-18-19-26-27(20,21)22;/h2-19H2,1H3,(H,20,21,22);/q;+1/p-1. The Labute approximate surface area is 194 Å². The molecule has 0 amide bonds. The fourth-order valence-electron chi connectivity index (χ4n) is 2.61. The number of unbranched alkanes of at least 4 members (excludes halogenated alkanes) is 10. The molecule has 0 saturated carbocycles. The fourth-order valence-corrected chi connectivity index (χ4v) is 2.88. The van der Waals surface area contributed by atoms with Crippen molar-refractivity contribution in [1.29, 1.82) is 0 Å². The summed E-state index contributed by atoms with van der Waals surface area (Å²) in [6, 6.07) is 0. The Kier molecular flexibility index (Phi) is 26.5. The monoisotopic (exact) mass is 434 g/mol. The van der Waals surface area contributed by atoms with Gasteiger partial charge in [-0.05, 0) is 6.42 Å². The molecule has 0 bridgehead atoms. The molecule has 0 spiro atoms. The topological polar surface area (TPSA) is 94.1 Å². The van der Waals surface area contributed by atoms with Crippen molar-refractivity contribution in [1.82, 2.24) is 0 Å². The third-order valence-corrected chi connectivity index (χ3v) is 4.55. The van der Waals surface area contributed by atoms with E-state index in [9.17, 15) is 13.0 Å². The number of rotatable bonds is 22. The van der Waals surface area contributed by atoms with Crippen LogP contribution in [0.3, 0.4) is 0 Å². The van der Waals surface area contributed by atoms with Crippen molar-refractivity contribution in [3.05, 3.63) is 0 Å². The van der Waals surface area contributed by atoms with Crippen molar-refractivity contribution in [3.63, 3.8) is 0 Å². The zero-order valence-corrected chi connectivity index (χ0v) is 20.8. The van der Waals surface area contributed by atoms with Crippen molar-refractivity contribution in [2.75, 3.05) is 46.2 Å².